The van der Waals surface area contributed by atoms with Crippen LogP contribution in [0.15, 0.2) is 76.4 Å². The Kier molecular flexibility index (Phi) is 7.96. The average molecular weight is 607 g/mol. The van der Waals surface area contributed by atoms with E-state index < -0.39 is 42.6 Å². The molecule has 15 heteroatoms. The molecule has 2 amide bonds. The maximum Gasteiger partial charge on any atom is 0.416 e. The van der Waals surface area contributed by atoms with Crippen LogP contribution in [0.25, 0.3) is 0 Å². The highest BCUT2D eigenvalue weighted by molar-refractivity contribution is 6.05. The summed E-state index contributed by atoms with van der Waals surface area (Å²) < 4.78 is 76.7. The van der Waals surface area contributed by atoms with Crippen LogP contribution in [0, 0.1) is 5.92 Å². The number of halogens is 6. The lowest BCUT2D eigenvalue weighted by Gasteiger charge is -2.33. The number of quaternary nitrogens is 1. The molecule has 1 unspecified atom stereocenters. The number of alkyl halides is 6. The number of hydrogen-bond acceptors (Lipinski definition) is 6. The molecule has 43 heavy (non-hydrogen) atoms. The van der Waals surface area contributed by atoms with Crippen molar-refractivity contribution in [3.63, 3.8) is 0 Å². The first-order valence-corrected chi connectivity index (χ1v) is 13.3. The molecule has 0 bridgehead atoms. The number of aliphatic imine (C=N–C) groups is 2. The van der Waals surface area contributed by atoms with Crippen molar-refractivity contribution in [3.05, 3.63) is 83.1 Å². The van der Waals surface area contributed by atoms with Gasteiger partial charge in [-0.05, 0) is 49.2 Å². The number of pyridine rings is 1. The maximum absolute atomic E-state index is 13.0. The molecule has 2 aromatic rings. The molecule has 3 aliphatic rings. The molecule has 1 aromatic carbocycles. The monoisotopic (exact) mass is 606 g/mol. The van der Waals surface area contributed by atoms with Crippen LogP contribution < -0.4 is 11.2 Å². The molecular weight excluding hydrogens is 580 g/mol. The Hall–Kier alpha value is -4.37. The summed E-state index contributed by atoms with van der Waals surface area (Å²) in [5, 5.41) is 2.35. The predicted octanol–water partition coefficient (Wildman–Crippen LogP) is 5.15. The Morgan fingerprint density at radius 3 is 2.53 bits per heavy atom. The summed E-state index contributed by atoms with van der Waals surface area (Å²) in [5.41, 5.74) is 0.849. The van der Waals surface area contributed by atoms with Gasteiger partial charge in [0.25, 0.3) is 11.7 Å². The third kappa shape index (κ3) is 6.51. The number of nitrogens with two attached hydrogens (primary N) is 1. The second kappa shape index (κ2) is 11.4. The molecule has 2 atom stereocenters. The van der Waals surface area contributed by atoms with E-state index >= 15 is 0 Å². The van der Waals surface area contributed by atoms with Gasteiger partial charge in [-0.2, -0.15) is 37.2 Å². The number of carbonyl (C=O) groups excluding carboxylic acids is 2. The van der Waals surface area contributed by atoms with E-state index in [1.54, 1.807) is 24.5 Å². The Balaban J connectivity index is 1.35. The summed E-state index contributed by atoms with van der Waals surface area (Å²) in [5.74, 6) is 5.35. The third-order valence-corrected chi connectivity index (χ3v) is 7.34. The molecule has 3 N–H and O–H groups in total. The number of amides is 2. The summed E-state index contributed by atoms with van der Waals surface area (Å²) in [6, 6.07) is 7.65. The summed E-state index contributed by atoms with van der Waals surface area (Å²) in [6.45, 7) is 0.537. The summed E-state index contributed by atoms with van der Waals surface area (Å²) in [4.78, 5) is 39.4. The van der Waals surface area contributed by atoms with Crippen LogP contribution in [0.2, 0.25) is 0 Å². The van der Waals surface area contributed by atoms with Crippen LogP contribution in [0.1, 0.15) is 47.2 Å². The number of piperidine rings is 1. The number of rotatable bonds is 6. The minimum absolute atomic E-state index is 0.148. The fourth-order valence-corrected chi connectivity index (χ4v) is 5.17. The van der Waals surface area contributed by atoms with Gasteiger partial charge in [0, 0.05) is 37.2 Å². The molecule has 4 heterocycles. The molecule has 0 radical (unpaired) electrons. The Labute approximate surface area is 241 Å². The first-order chi connectivity index (χ1) is 20.2. The lowest BCUT2D eigenvalue weighted by Crippen LogP contribution is -2.53. The molecule has 226 valence electrons. The molecule has 3 aliphatic heterocycles. The number of nitrogens with one attached hydrogen (secondary N) is 1. The number of hydrogen-bond donors (Lipinski definition) is 2. The normalized spacial score (nSPS) is 22.0. The van der Waals surface area contributed by atoms with E-state index in [0.29, 0.717) is 42.2 Å². The van der Waals surface area contributed by atoms with Crippen LogP contribution in [0.3, 0.4) is 0 Å². The van der Waals surface area contributed by atoms with Gasteiger partial charge in [-0.15, -0.1) is 4.59 Å². The van der Waals surface area contributed by atoms with Crippen molar-refractivity contribution in [1.82, 2.24) is 9.88 Å². The Morgan fingerprint density at radius 1 is 1.09 bits per heavy atom. The van der Waals surface area contributed by atoms with Gasteiger partial charge in [-0.1, -0.05) is 0 Å². The highest BCUT2D eigenvalue weighted by Crippen LogP contribution is 2.38. The molecule has 5 rings (SSSR count). The zero-order valence-corrected chi connectivity index (χ0v) is 22.5. The van der Waals surface area contributed by atoms with Crippen molar-refractivity contribution in [2.24, 2.45) is 21.7 Å². The van der Waals surface area contributed by atoms with E-state index in [-0.39, 0.29) is 28.4 Å². The maximum atomic E-state index is 13.0. The van der Waals surface area contributed by atoms with Crippen LogP contribution >= 0.6 is 0 Å². The first-order valence-electron chi connectivity index (χ1n) is 13.3. The Morgan fingerprint density at radius 2 is 1.84 bits per heavy atom. The van der Waals surface area contributed by atoms with Gasteiger partial charge in [-0.25, -0.2) is 4.98 Å². The Bertz CT molecular complexity index is 1550. The van der Waals surface area contributed by atoms with Crippen LogP contribution in [-0.4, -0.2) is 57.6 Å². The van der Waals surface area contributed by atoms with Crippen molar-refractivity contribution in [2.45, 2.75) is 38.0 Å². The van der Waals surface area contributed by atoms with Gasteiger partial charge in [-0.3, -0.25) is 14.6 Å². The largest absolute Gasteiger partial charge is 0.416 e. The van der Waals surface area contributed by atoms with Gasteiger partial charge in [0.1, 0.15) is 17.7 Å². The van der Waals surface area contributed by atoms with E-state index in [1.807, 2.05) is 0 Å². The fourth-order valence-electron chi connectivity index (χ4n) is 5.17. The van der Waals surface area contributed by atoms with E-state index in [0.717, 1.165) is 18.3 Å². The number of amidine groups is 1. The summed E-state index contributed by atoms with van der Waals surface area (Å²) in [7, 11) is 0. The smallest absolute Gasteiger partial charge is 0.342 e. The van der Waals surface area contributed by atoms with Gasteiger partial charge >= 0.3 is 12.4 Å². The molecule has 1 fully saturated rings. The third-order valence-electron chi connectivity index (χ3n) is 7.34. The molecule has 1 aromatic heterocycles. The number of likely N-dealkylation sites (tertiary alicyclic amines) is 1. The quantitative estimate of drug-likeness (QED) is 0.269. The first kappa shape index (κ1) is 30.1. The zero-order chi connectivity index (χ0) is 31.0. The minimum atomic E-state index is -4.59. The molecule has 0 aliphatic carbocycles. The van der Waals surface area contributed by atoms with Crippen molar-refractivity contribution in [2.75, 3.05) is 18.4 Å². The zero-order valence-electron chi connectivity index (χ0n) is 22.5. The number of nitrogens with zero attached hydrogens (tertiary/aromatic N) is 5. The standard InChI is InChI=1S/C28H25F6N7O2/c29-27(30,31)9-7-23(42)40-12-1-2-19(16-40)24-21-15-36-11-13-41(21,35)25(39-24)17-3-5-18(6-4-17)26(43)38-22-14-20(8-10-37-22)28(32,33)34/h3-6,8,10-11,13-15,19H,1-2,7,9,12,16,35H2/p+1/t19-,41?/m1/s1. The highest BCUT2D eigenvalue weighted by atomic mass is 19.4. The lowest BCUT2D eigenvalue weighted by atomic mass is 9.93. The van der Waals surface area contributed by atoms with E-state index in [2.05, 4.69) is 15.3 Å². The summed E-state index contributed by atoms with van der Waals surface area (Å²) in [6.07, 6.45) is -4.00. The molecule has 9 nitrogen and oxygen atoms in total. The molecular formula is C28H26F6N7O2+. The number of carbonyl (C=O) groups is 2. The van der Waals surface area contributed by atoms with Gasteiger partial charge in [0.2, 0.25) is 11.6 Å². The van der Waals surface area contributed by atoms with Crippen LogP contribution in [-0.2, 0) is 11.0 Å². The van der Waals surface area contributed by atoms with Crippen LogP contribution in [0.5, 0.6) is 0 Å². The van der Waals surface area contributed by atoms with Gasteiger partial charge in [0.15, 0.2) is 0 Å². The second-order valence-electron chi connectivity index (χ2n) is 10.3. The highest BCUT2D eigenvalue weighted by Gasteiger charge is 2.46. The minimum Gasteiger partial charge on any atom is -0.342 e. The number of allylic oxidation sites excluding steroid dienone is 1. The number of aromatic nitrogens is 1. The van der Waals surface area contributed by atoms with Crippen LogP contribution in [0.4, 0.5) is 32.2 Å². The number of fused-ring (bicyclic) bond motifs is 1. The van der Waals surface area contributed by atoms with E-state index in [4.69, 9.17) is 10.8 Å². The SMILES string of the molecule is N[N+]12C=CN=CC1=C([C@@H]1CCCN(C(=O)CCC(F)(F)F)C1)N=C2c1ccc(C(=O)Nc2cc(C(F)(F)F)ccn2)cc1. The molecule has 1 saturated heterocycles. The van der Waals surface area contributed by atoms with E-state index in [9.17, 15) is 35.9 Å². The van der Waals surface area contributed by atoms with Gasteiger partial charge < -0.3 is 10.2 Å². The fraction of sp³-hybridized carbons (Fsp3) is 0.321. The van der Waals surface area contributed by atoms with Crippen molar-refractivity contribution in [1.29, 1.82) is 0 Å². The van der Waals surface area contributed by atoms with Crippen molar-refractivity contribution in [3.8, 4) is 0 Å². The predicted molar refractivity (Wildman–Crippen MR) is 144 cm³/mol. The number of anilines is 1. The average Bonchev–Trinajstić information content (AvgIpc) is 3.28. The second-order valence-corrected chi connectivity index (χ2v) is 10.3. The van der Waals surface area contributed by atoms with Gasteiger partial charge in [0.05, 0.1) is 30.0 Å². The topological polar surface area (TPSA) is 113 Å². The van der Waals surface area contributed by atoms with E-state index in [1.165, 1.54) is 23.2 Å². The molecule has 0 saturated carbocycles. The summed E-state index contributed by atoms with van der Waals surface area (Å²) >= 11 is 0. The number of benzene rings is 1. The lowest BCUT2D eigenvalue weighted by molar-refractivity contribution is -0.750. The molecule has 0 spiro atoms. The van der Waals surface area contributed by atoms with Crippen molar-refractivity contribution >= 4 is 29.7 Å². The van der Waals surface area contributed by atoms with Crippen molar-refractivity contribution < 1.29 is 40.5 Å².